The van der Waals surface area contributed by atoms with Crippen LogP contribution in [-0.4, -0.2) is 30.0 Å². The Hall–Kier alpha value is -2.37. The lowest BCUT2D eigenvalue weighted by molar-refractivity contribution is -0.116. The normalized spacial score (nSPS) is 10.3. The van der Waals surface area contributed by atoms with Gasteiger partial charge in [0.25, 0.3) is 0 Å². The Labute approximate surface area is 117 Å². The standard InChI is InChI=1S/C14H18N4O2/c1-10-4-5-11(20-10)6-7-13(19)17-12-8-15-9-16-14(12)18(2)3/h4-5,8-9H,6-7H2,1-3H3,(H,17,19). The van der Waals surface area contributed by atoms with E-state index in [2.05, 4.69) is 15.3 Å². The van der Waals surface area contributed by atoms with Crippen molar-refractivity contribution in [1.29, 1.82) is 0 Å². The number of carbonyl (C=O) groups excluding carboxylic acids is 1. The summed E-state index contributed by atoms with van der Waals surface area (Å²) in [7, 11) is 3.73. The van der Waals surface area contributed by atoms with E-state index in [-0.39, 0.29) is 5.91 Å². The van der Waals surface area contributed by atoms with Crippen molar-refractivity contribution in [3.8, 4) is 0 Å². The van der Waals surface area contributed by atoms with Crippen molar-refractivity contribution >= 4 is 17.4 Å². The molecule has 0 aliphatic rings. The van der Waals surface area contributed by atoms with E-state index in [4.69, 9.17) is 4.42 Å². The number of hydrogen-bond donors (Lipinski definition) is 1. The molecular formula is C14H18N4O2. The average Bonchev–Trinajstić information content (AvgIpc) is 2.83. The summed E-state index contributed by atoms with van der Waals surface area (Å²) in [5, 5.41) is 2.82. The zero-order valence-corrected chi connectivity index (χ0v) is 11.9. The second kappa shape index (κ2) is 6.18. The maximum atomic E-state index is 11.9. The predicted molar refractivity (Wildman–Crippen MR) is 76.8 cm³/mol. The van der Waals surface area contributed by atoms with Gasteiger partial charge in [-0.3, -0.25) is 4.79 Å². The quantitative estimate of drug-likeness (QED) is 0.903. The van der Waals surface area contributed by atoms with Crippen molar-refractivity contribution in [1.82, 2.24) is 9.97 Å². The Balaban J connectivity index is 1.94. The molecule has 0 saturated carbocycles. The first-order valence-corrected chi connectivity index (χ1v) is 6.39. The highest BCUT2D eigenvalue weighted by Gasteiger charge is 2.10. The van der Waals surface area contributed by atoms with Gasteiger partial charge in [0.05, 0.1) is 6.20 Å². The molecule has 0 bridgehead atoms. The molecule has 20 heavy (non-hydrogen) atoms. The number of furan rings is 1. The molecule has 0 saturated heterocycles. The molecule has 2 rings (SSSR count). The van der Waals surface area contributed by atoms with Gasteiger partial charge in [0.2, 0.25) is 5.91 Å². The van der Waals surface area contributed by atoms with Crippen molar-refractivity contribution < 1.29 is 9.21 Å². The molecule has 0 radical (unpaired) electrons. The first kappa shape index (κ1) is 14.0. The lowest BCUT2D eigenvalue weighted by Gasteiger charge is -2.15. The molecule has 1 N–H and O–H groups in total. The Morgan fingerprint density at radius 3 is 2.85 bits per heavy atom. The summed E-state index contributed by atoms with van der Waals surface area (Å²) in [6, 6.07) is 3.78. The van der Waals surface area contributed by atoms with E-state index in [1.54, 1.807) is 6.20 Å². The van der Waals surface area contributed by atoms with Crippen molar-refractivity contribution in [3.63, 3.8) is 0 Å². The number of carbonyl (C=O) groups is 1. The van der Waals surface area contributed by atoms with Crippen LogP contribution in [0.5, 0.6) is 0 Å². The Kier molecular flexibility index (Phi) is 4.34. The first-order chi connectivity index (χ1) is 9.56. The molecular weight excluding hydrogens is 256 g/mol. The number of hydrogen-bond acceptors (Lipinski definition) is 5. The van der Waals surface area contributed by atoms with Crippen LogP contribution in [0.4, 0.5) is 11.5 Å². The lowest BCUT2D eigenvalue weighted by Crippen LogP contribution is -2.18. The van der Waals surface area contributed by atoms with Crippen LogP contribution >= 0.6 is 0 Å². The predicted octanol–water partition coefficient (Wildman–Crippen LogP) is 2.02. The van der Waals surface area contributed by atoms with Gasteiger partial charge < -0.3 is 14.6 Å². The molecule has 106 valence electrons. The number of rotatable bonds is 5. The average molecular weight is 274 g/mol. The van der Waals surface area contributed by atoms with Crippen LogP contribution in [0.2, 0.25) is 0 Å². The number of nitrogens with one attached hydrogen (secondary N) is 1. The van der Waals surface area contributed by atoms with E-state index in [0.29, 0.717) is 24.3 Å². The van der Waals surface area contributed by atoms with Gasteiger partial charge in [-0.25, -0.2) is 9.97 Å². The van der Waals surface area contributed by atoms with Crippen LogP contribution < -0.4 is 10.2 Å². The number of nitrogens with zero attached hydrogens (tertiary/aromatic N) is 3. The minimum absolute atomic E-state index is 0.0862. The monoisotopic (exact) mass is 274 g/mol. The summed E-state index contributed by atoms with van der Waals surface area (Å²) in [6.07, 6.45) is 3.98. The van der Waals surface area contributed by atoms with Crippen molar-refractivity contribution in [2.45, 2.75) is 19.8 Å². The van der Waals surface area contributed by atoms with E-state index in [9.17, 15) is 4.79 Å². The van der Waals surface area contributed by atoms with Gasteiger partial charge in [0.1, 0.15) is 23.5 Å². The van der Waals surface area contributed by atoms with Crippen LogP contribution in [0.1, 0.15) is 17.9 Å². The second-order valence-electron chi connectivity index (χ2n) is 4.71. The summed E-state index contributed by atoms with van der Waals surface area (Å²) in [4.78, 5) is 21.8. The van der Waals surface area contributed by atoms with E-state index in [1.807, 2.05) is 38.1 Å². The molecule has 0 fully saturated rings. The Morgan fingerprint density at radius 1 is 1.40 bits per heavy atom. The van der Waals surface area contributed by atoms with Crippen LogP contribution in [0.25, 0.3) is 0 Å². The summed E-state index contributed by atoms with van der Waals surface area (Å²) in [6.45, 7) is 1.88. The zero-order valence-electron chi connectivity index (χ0n) is 11.9. The van der Waals surface area contributed by atoms with Gasteiger partial charge in [-0.1, -0.05) is 0 Å². The SMILES string of the molecule is Cc1ccc(CCC(=O)Nc2cncnc2N(C)C)o1. The third-order valence-electron chi connectivity index (χ3n) is 2.78. The molecule has 0 unspecified atom stereocenters. The topological polar surface area (TPSA) is 71.3 Å². The highest BCUT2D eigenvalue weighted by Crippen LogP contribution is 2.19. The highest BCUT2D eigenvalue weighted by atomic mass is 16.3. The third-order valence-corrected chi connectivity index (χ3v) is 2.78. The van der Waals surface area contributed by atoms with Crippen LogP contribution in [0.15, 0.2) is 29.1 Å². The van der Waals surface area contributed by atoms with Crippen LogP contribution in [-0.2, 0) is 11.2 Å². The first-order valence-electron chi connectivity index (χ1n) is 6.39. The van der Waals surface area contributed by atoms with Crippen molar-refractivity contribution in [3.05, 3.63) is 36.2 Å². The van der Waals surface area contributed by atoms with E-state index in [0.717, 1.165) is 11.5 Å². The van der Waals surface area contributed by atoms with Crippen LogP contribution in [0.3, 0.4) is 0 Å². The summed E-state index contributed by atoms with van der Waals surface area (Å²) < 4.78 is 5.43. The Morgan fingerprint density at radius 2 is 2.20 bits per heavy atom. The molecule has 0 aliphatic heterocycles. The fourth-order valence-corrected chi connectivity index (χ4v) is 1.84. The fraction of sp³-hybridized carbons (Fsp3) is 0.357. The minimum atomic E-state index is -0.0862. The van der Waals surface area contributed by atoms with Gasteiger partial charge in [-0.2, -0.15) is 0 Å². The fourth-order valence-electron chi connectivity index (χ4n) is 1.84. The van der Waals surface area contributed by atoms with Gasteiger partial charge in [-0.05, 0) is 19.1 Å². The van der Waals surface area contributed by atoms with Crippen LogP contribution in [0, 0.1) is 6.92 Å². The molecule has 1 amide bonds. The summed E-state index contributed by atoms with van der Waals surface area (Å²) in [5.74, 6) is 2.26. The third kappa shape index (κ3) is 3.57. The molecule has 2 aromatic heterocycles. The number of amides is 1. The maximum absolute atomic E-state index is 11.9. The van der Waals surface area contributed by atoms with Gasteiger partial charge >= 0.3 is 0 Å². The molecule has 2 heterocycles. The molecule has 6 heteroatoms. The highest BCUT2D eigenvalue weighted by molar-refractivity contribution is 5.93. The van der Waals surface area contributed by atoms with Gasteiger partial charge in [0, 0.05) is 26.9 Å². The van der Waals surface area contributed by atoms with E-state index in [1.165, 1.54) is 6.33 Å². The van der Waals surface area contributed by atoms with E-state index < -0.39 is 0 Å². The second-order valence-corrected chi connectivity index (χ2v) is 4.71. The maximum Gasteiger partial charge on any atom is 0.224 e. The summed E-state index contributed by atoms with van der Waals surface area (Å²) in [5.41, 5.74) is 0.609. The Bertz CT molecular complexity index is 592. The molecule has 0 aliphatic carbocycles. The largest absolute Gasteiger partial charge is 0.466 e. The number of anilines is 2. The van der Waals surface area contributed by atoms with Gasteiger partial charge in [0.15, 0.2) is 5.82 Å². The van der Waals surface area contributed by atoms with Crippen molar-refractivity contribution in [2.24, 2.45) is 0 Å². The molecule has 0 spiro atoms. The molecule has 6 nitrogen and oxygen atoms in total. The number of aromatic nitrogens is 2. The minimum Gasteiger partial charge on any atom is -0.466 e. The molecule has 0 aromatic carbocycles. The number of aryl methyl sites for hydroxylation is 2. The lowest BCUT2D eigenvalue weighted by atomic mass is 10.2. The smallest absolute Gasteiger partial charge is 0.224 e. The summed E-state index contributed by atoms with van der Waals surface area (Å²) >= 11 is 0. The molecule has 0 atom stereocenters. The van der Waals surface area contributed by atoms with E-state index >= 15 is 0 Å². The zero-order chi connectivity index (χ0) is 14.5. The van der Waals surface area contributed by atoms with Crippen molar-refractivity contribution in [2.75, 3.05) is 24.3 Å². The molecule has 2 aromatic rings. The van der Waals surface area contributed by atoms with Gasteiger partial charge in [-0.15, -0.1) is 0 Å².